The number of rotatable bonds is 5. The summed E-state index contributed by atoms with van der Waals surface area (Å²) in [5, 5.41) is 6.86. The highest BCUT2D eigenvalue weighted by Crippen LogP contribution is 2.28. The molecule has 26 heavy (non-hydrogen) atoms. The zero-order chi connectivity index (χ0) is 18.4. The normalized spacial score (nSPS) is 15.2. The summed E-state index contributed by atoms with van der Waals surface area (Å²) in [6, 6.07) is 9.03. The lowest BCUT2D eigenvalue weighted by atomic mass is 10.1. The minimum atomic E-state index is -0.225. The Morgan fingerprint density at radius 1 is 1.15 bits per heavy atom. The van der Waals surface area contributed by atoms with Crippen molar-refractivity contribution in [3.05, 3.63) is 47.1 Å². The minimum Gasteiger partial charge on any atom is -0.495 e. The highest BCUT2D eigenvalue weighted by atomic mass is 35.5. The van der Waals surface area contributed by atoms with Crippen molar-refractivity contribution in [1.29, 1.82) is 0 Å². The molecule has 0 unspecified atom stereocenters. The zero-order valence-electron chi connectivity index (χ0n) is 14.9. The van der Waals surface area contributed by atoms with E-state index in [-0.39, 0.29) is 5.91 Å². The van der Waals surface area contributed by atoms with Crippen molar-refractivity contribution >= 4 is 29.0 Å². The first-order chi connectivity index (χ1) is 12.7. The number of halogens is 1. The number of ether oxygens (including phenoxy) is 1. The summed E-state index contributed by atoms with van der Waals surface area (Å²) in [6.07, 6.45) is 9.04. The molecule has 1 heterocycles. The molecule has 2 aromatic rings. The third-order valence-corrected chi connectivity index (χ3v) is 4.87. The van der Waals surface area contributed by atoms with Crippen LogP contribution in [0.4, 0.5) is 11.5 Å². The lowest BCUT2D eigenvalue weighted by Crippen LogP contribution is -2.20. The molecule has 2 N–H and O–H groups in total. The highest BCUT2D eigenvalue weighted by molar-refractivity contribution is 6.31. The van der Waals surface area contributed by atoms with Crippen LogP contribution in [0.5, 0.6) is 5.75 Å². The first kappa shape index (κ1) is 18.5. The zero-order valence-corrected chi connectivity index (χ0v) is 15.7. The number of pyridine rings is 1. The van der Waals surface area contributed by atoms with E-state index < -0.39 is 0 Å². The van der Waals surface area contributed by atoms with Gasteiger partial charge in [0.25, 0.3) is 5.91 Å². The van der Waals surface area contributed by atoms with E-state index in [1.807, 2.05) is 0 Å². The van der Waals surface area contributed by atoms with Crippen LogP contribution in [0.25, 0.3) is 0 Å². The van der Waals surface area contributed by atoms with Crippen molar-refractivity contribution in [2.75, 3.05) is 17.7 Å². The number of hydrogen-bond donors (Lipinski definition) is 2. The largest absolute Gasteiger partial charge is 0.495 e. The Balaban J connectivity index is 1.71. The third kappa shape index (κ3) is 4.88. The number of anilines is 2. The summed E-state index contributed by atoms with van der Waals surface area (Å²) >= 11 is 6.02. The molecule has 138 valence electrons. The van der Waals surface area contributed by atoms with E-state index in [1.54, 1.807) is 43.6 Å². The predicted molar refractivity (Wildman–Crippen MR) is 105 cm³/mol. The molecule has 1 fully saturated rings. The number of amides is 1. The molecule has 1 amide bonds. The average Bonchev–Trinajstić information content (AvgIpc) is 2.91. The van der Waals surface area contributed by atoms with Crippen LogP contribution in [0.3, 0.4) is 0 Å². The Morgan fingerprint density at radius 2 is 1.92 bits per heavy atom. The van der Waals surface area contributed by atoms with E-state index in [4.69, 9.17) is 16.3 Å². The van der Waals surface area contributed by atoms with Crippen LogP contribution in [0.15, 0.2) is 36.5 Å². The van der Waals surface area contributed by atoms with Crippen molar-refractivity contribution in [2.24, 2.45) is 0 Å². The summed E-state index contributed by atoms with van der Waals surface area (Å²) in [7, 11) is 1.56. The summed E-state index contributed by atoms with van der Waals surface area (Å²) in [5.41, 5.74) is 1.08. The maximum Gasteiger partial charge on any atom is 0.255 e. The number of nitrogens with one attached hydrogen (secondary N) is 2. The molecular formula is C20H24ClN3O2. The number of benzene rings is 1. The van der Waals surface area contributed by atoms with Gasteiger partial charge in [-0.1, -0.05) is 37.3 Å². The lowest BCUT2D eigenvalue weighted by Gasteiger charge is -2.17. The Bertz CT molecular complexity index is 758. The van der Waals surface area contributed by atoms with E-state index in [0.717, 1.165) is 18.7 Å². The first-order valence-corrected chi connectivity index (χ1v) is 9.41. The van der Waals surface area contributed by atoms with Crippen LogP contribution in [0.1, 0.15) is 48.9 Å². The molecule has 0 radical (unpaired) electrons. The Morgan fingerprint density at radius 3 is 2.65 bits per heavy atom. The Hall–Kier alpha value is -2.27. The van der Waals surface area contributed by atoms with Crippen LogP contribution in [0, 0.1) is 0 Å². The molecule has 6 heteroatoms. The standard InChI is InChI=1S/C20H24ClN3O2/c1-26-18-9-8-15(21)13-17(18)24-20(25)14-10-11-22-19(12-14)23-16-6-4-2-3-5-7-16/h8-13,16H,2-7H2,1H3,(H,22,23)(H,24,25). The van der Waals surface area contributed by atoms with Crippen LogP contribution in [0.2, 0.25) is 5.02 Å². The van der Waals surface area contributed by atoms with Gasteiger partial charge in [0.15, 0.2) is 0 Å². The van der Waals surface area contributed by atoms with Crippen molar-refractivity contribution < 1.29 is 9.53 Å². The number of carbonyl (C=O) groups excluding carboxylic acids is 1. The molecule has 1 aromatic heterocycles. The molecule has 0 spiro atoms. The van der Waals surface area contributed by atoms with Gasteiger partial charge in [-0.25, -0.2) is 4.98 Å². The van der Waals surface area contributed by atoms with Gasteiger partial charge in [0.2, 0.25) is 0 Å². The minimum absolute atomic E-state index is 0.225. The maximum atomic E-state index is 12.6. The second-order valence-corrected chi connectivity index (χ2v) is 7.00. The number of hydrogen-bond acceptors (Lipinski definition) is 4. The fourth-order valence-electron chi connectivity index (χ4n) is 3.26. The van der Waals surface area contributed by atoms with E-state index in [9.17, 15) is 4.79 Å². The van der Waals surface area contributed by atoms with Gasteiger partial charge >= 0.3 is 0 Å². The fraction of sp³-hybridized carbons (Fsp3) is 0.400. The van der Waals surface area contributed by atoms with Gasteiger partial charge in [-0.05, 0) is 43.2 Å². The molecule has 1 saturated carbocycles. The van der Waals surface area contributed by atoms with Gasteiger partial charge in [0.1, 0.15) is 11.6 Å². The first-order valence-electron chi connectivity index (χ1n) is 9.03. The molecule has 0 bridgehead atoms. The van der Waals surface area contributed by atoms with Crippen LogP contribution >= 0.6 is 11.6 Å². The van der Waals surface area contributed by atoms with Gasteiger partial charge in [-0.2, -0.15) is 0 Å². The topological polar surface area (TPSA) is 63.2 Å². The maximum absolute atomic E-state index is 12.6. The quantitative estimate of drug-likeness (QED) is 0.713. The Labute approximate surface area is 159 Å². The lowest BCUT2D eigenvalue weighted by molar-refractivity contribution is 0.102. The predicted octanol–water partition coefficient (Wildman–Crippen LogP) is 5.13. The van der Waals surface area contributed by atoms with Gasteiger partial charge in [0, 0.05) is 22.8 Å². The monoisotopic (exact) mass is 373 g/mol. The summed E-state index contributed by atoms with van der Waals surface area (Å²) in [6.45, 7) is 0. The van der Waals surface area contributed by atoms with Crippen molar-refractivity contribution in [1.82, 2.24) is 4.98 Å². The number of aromatic nitrogens is 1. The molecule has 0 aliphatic heterocycles. The summed E-state index contributed by atoms with van der Waals surface area (Å²) in [5.74, 6) is 1.08. The molecule has 1 aliphatic rings. The van der Waals surface area contributed by atoms with Crippen molar-refractivity contribution in [3.8, 4) is 5.75 Å². The smallest absolute Gasteiger partial charge is 0.255 e. The van der Waals surface area contributed by atoms with Gasteiger partial charge < -0.3 is 15.4 Å². The highest BCUT2D eigenvalue weighted by Gasteiger charge is 2.15. The summed E-state index contributed by atoms with van der Waals surface area (Å²) < 4.78 is 5.28. The van der Waals surface area contributed by atoms with Crippen LogP contribution < -0.4 is 15.4 Å². The second-order valence-electron chi connectivity index (χ2n) is 6.56. The van der Waals surface area contributed by atoms with Gasteiger partial charge in [-0.15, -0.1) is 0 Å². The van der Waals surface area contributed by atoms with Crippen LogP contribution in [-0.2, 0) is 0 Å². The number of carbonyl (C=O) groups is 1. The van der Waals surface area contributed by atoms with E-state index >= 15 is 0 Å². The molecule has 1 aromatic carbocycles. The molecular weight excluding hydrogens is 350 g/mol. The molecule has 0 atom stereocenters. The Kier molecular flexibility index (Phi) is 6.34. The fourth-order valence-corrected chi connectivity index (χ4v) is 3.43. The van der Waals surface area contributed by atoms with E-state index in [2.05, 4.69) is 15.6 Å². The van der Waals surface area contributed by atoms with Crippen molar-refractivity contribution in [3.63, 3.8) is 0 Å². The average molecular weight is 374 g/mol. The number of methoxy groups -OCH3 is 1. The summed E-state index contributed by atoms with van der Waals surface area (Å²) in [4.78, 5) is 17.0. The van der Waals surface area contributed by atoms with E-state index in [0.29, 0.717) is 28.1 Å². The van der Waals surface area contributed by atoms with Crippen molar-refractivity contribution in [2.45, 2.75) is 44.6 Å². The van der Waals surface area contributed by atoms with Crippen LogP contribution in [-0.4, -0.2) is 24.0 Å². The molecule has 5 nitrogen and oxygen atoms in total. The molecule has 0 saturated heterocycles. The van der Waals surface area contributed by atoms with Gasteiger partial charge in [-0.3, -0.25) is 4.79 Å². The van der Waals surface area contributed by atoms with E-state index in [1.165, 1.54) is 25.7 Å². The SMILES string of the molecule is COc1ccc(Cl)cc1NC(=O)c1ccnc(NC2CCCCCC2)c1. The molecule has 3 rings (SSSR count). The second kappa shape index (κ2) is 8.90. The van der Waals surface area contributed by atoms with Gasteiger partial charge in [0.05, 0.1) is 12.8 Å². The third-order valence-electron chi connectivity index (χ3n) is 4.64. The number of nitrogens with zero attached hydrogens (tertiary/aromatic N) is 1. The molecule has 1 aliphatic carbocycles.